The van der Waals surface area contributed by atoms with Gasteiger partial charge in [-0.05, 0) is 34.1 Å². The van der Waals surface area contributed by atoms with E-state index >= 15 is 0 Å². The number of piperazine rings is 1. The van der Waals surface area contributed by atoms with Gasteiger partial charge < -0.3 is 19.7 Å². The normalized spacial score (nSPS) is 18.9. The summed E-state index contributed by atoms with van der Waals surface area (Å²) in [6.45, 7) is 13.1. The van der Waals surface area contributed by atoms with Crippen LogP contribution in [0.2, 0.25) is 0 Å². The van der Waals surface area contributed by atoms with E-state index in [-0.39, 0.29) is 23.9 Å². The highest BCUT2D eigenvalue weighted by Gasteiger charge is 2.35. The van der Waals surface area contributed by atoms with Gasteiger partial charge in [-0.15, -0.1) is 0 Å². The molecule has 3 aromatic rings. The molecule has 11 heteroatoms. The lowest BCUT2D eigenvalue weighted by molar-refractivity contribution is -0.145. The summed E-state index contributed by atoms with van der Waals surface area (Å²) >= 11 is 0. The molecule has 2 amide bonds. The van der Waals surface area contributed by atoms with Gasteiger partial charge in [-0.2, -0.15) is 0 Å². The highest BCUT2D eigenvalue weighted by molar-refractivity contribution is 5.90. The molecule has 192 valence electrons. The Morgan fingerprint density at radius 3 is 2.33 bits per heavy atom. The quantitative estimate of drug-likeness (QED) is 0.533. The Hall–Kier alpha value is -3.63. The van der Waals surface area contributed by atoms with Crippen LogP contribution in [-0.2, 0) is 16.1 Å². The highest BCUT2D eigenvalue weighted by Crippen LogP contribution is 2.27. The van der Waals surface area contributed by atoms with Crippen molar-refractivity contribution in [3.63, 3.8) is 0 Å². The smallest absolute Gasteiger partial charge is 0.245 e. The number of aromatic nitrogens is 6. The van der Waals surface area contributed by atoms with Crippen molar-refractivity contribution in [1.29, 1.82) is 0 Å². The minimum absolute atomic E-state index is 0.00703. The SMILES string of the molecule is CCC[C@H](Nc1ncnc2c1nc(-c1cnc(C)nc1)n2CC)C(=O)N1C[C@@H](C)N(C(C)=O)[C@@H](C)C1. The first-order valence-electron chi connectivity index (χ1n) is 12.6. The molecule has 0 saturated carbocycles. The van der Waals surface area contributed by atoms with Crippen LogP contribution in [-0.4, -0.2) is 82.3 Å². The monoisotopic (exact) mass is 493 g/mol. The average Bonchev–Trinajstić information content (AvgIpc) is 3.22. The lowest BCUT2D eigenvalue weighted by Gasteiger charge is -2.45. The van der Waals surface area contributed by atoms with Crippen LogP contribution < -0.4 is 5.32 Å². The summed E-state index contributed by atoms with van der Waals surface area (Å²) < 4.78 is 2.00. The van der Waals surface area contributed by atoms with Gasteiger partial charge in [0.25, 0.3) is 0 Å². The molecule has 4 heterocycles. The lowest BCUT2D eigenvalue weighted by atomic mass is 10.0. The Morgan fingerprint density at radius 2 is 1.75 bits per heavy atom. The van der Waals surface area contributed by atoms with Gasteiger partial charge in [0.05, 0.1) is 5.56 Å². The van der Waals surface area contributed by atoms with Crippen LogP contribution >= 0.6 is 0 Å². The number of carbonyl (C=O) groups is 2. The third-order valence-corrected chi connectivity index (χ3v) is 6.67. The number of anilines is 1. The van der Waals surface area contributed by atoms with Gasteiger partial charge >= 0.3 is 0 Å². The largest absolute Gasteiger partial charge is 0.356 e. The van der Waals surface area contributed by atoms with E-state index in [1.54, 1.807) is 19.3 Å². The number of carbonyl (C=O) groups excluding carboxylic acids is 2. The lowest BCUT2D eigenvalue weighted by Crippen LogP contribution is -2.61. The standard InChI is InChI=1S/C25H35N9O2/c1-7-9-20(25(36)32-12-15(3)34(18(6)35)16(4)13-32)30-22-21-24(29-14-28-22)33(8-2)23(31-21)19-10-26-17(5)27-11-19/h10-11,14-16,20H,7-9,12-13H2,1-6H3,(H,28,29,30)/t15-,16+,20-/m0/s1. The fraction of sp³-hybridized carbons (Fsp3) is 0.560. The molecule has 1 saturated heterocycles. The molecule has 0 aromatic carbocycles. The van der Waals surface area contributed by atoms with Gasteiger partial charge in [0.15, 0.2) is 17.0 Å². The van der Waals surface area contributed by atoms with Crippen LogP contribution in [0.1, 0.15) is 53.3 Å². The van der Waals surface area contributed by atoms with E-state index in [1.807, 2.05) is 42.1 Å². The number of amides is 2. The number of rotatable bonds is 7. The van der Waals surface area contributed by atoms with Crippen molar-refractivity contribution in [3.05, 3.63) is 24.5 Å². The van der Waals surface area contributed by atoms with Crippen molar-refractivity contribution in [2.45, 2.75) is 79.1 Å². The summed E-state index contributed by atoms with van der Waals surface area (Å²) in [5.41, 5.74) is 2.08. The van der Waals surface area contributed by atoms with Crippen molar-refractivity contribution in [2.75, 3.05) is 18.4 Å². The summed E-state index contributed by atoms with van der Waals surface area (Å²) in [6.07, 6.45) is 6.47. The first-order valence-corrected chi connectivity index (χ1v) is 12.6. The van der Waals surface area contributed by atoms with Crippen molar-refractivity contribution in [3.8, 4) is 11.4 Å². The Kier molecular flexibility index (Phi) is 7.46. The van der Waals surface area contributed by atoms with Crippen molar-refractivity contribution in [1.82, 2.24) is 39.3 Å². The predicted molar refractivity (Wildman–Crippen MR) is 137 cm³/mol. The topological polar surface area (TPSA) is 122 Å². The molecule has 3 aromatic heterocycles. The van der Waals surface area contributed by atoms with E-state index < -0.39 is 6.04 Å². The summed E-state index contributed by atoms with van der Waals surface area (Å²) in [5.74, 6) is 1.96. The van der Waals surface area contributed by atoms with Gasteiger partial charge in [0, 0.05) is 51.0 Å². The number of fused-ring (bicyclic) bond motifs is 1. The third-order valence-electron chi connectivity index (χ3n) is 6.67. The number of hydrogen-bond acceptors (Lipinski definition) is 8. The molecule has 3 atom stereocenters. The van der Waals surface area contributed by atoms with E-state index in [1.165, 1.54) is 6.33 Å². The Morgan fingerprint density at radius 1 is 1.08 bits per heavy atom. The zero-order valence-corrected chi connectivity index (χ0v) is 21.9. The van der Waals surface area contributed by atoms with Crippen LogP contribution in [0.15, 0.2) is 18.7 Å². The Labute approximate surface area is 211 Å². The molecule has 0 unspecified atom stereocenters. The second kappa shape index (κ2) is 10.5. The summed E-state index contributed by atoms with van der Waals surface area (Å²) in [7, 11) is 0. The number of nitrogens with one attached hydrogen (secondary N) is 1. The molecule has 0 aliphatic carbocycles. The molecule has 1 aliphatic rings. The zero-order chi connectivity index (χ0) is 26.0. The molecular formula is C25H35N9O2. The molecule has 0 bridgehead atoms. The van der Waals surface area contributed by atoms with Gasteiger partial charge in [0.2, 0.25) is 11.8 Å². The third kappa shape index (κ3) is 4.87. The number of nitrogens with zero attached hydrogens (tertiary/aromatic N) is 8. The second-order valence-electron chi connectivity index (χ2n) is 9.45. The summed E-state index contributed by atoms with van der Waals surface area (Å²) in [6, 6.07) is -0.542. The molecule has 0 radical (unpaired) electrons. The van der Waals surface area contributed by atoms with Crippen LogP contribution in [0, 0.1) is 6.92 Å². The second-order valence-corrected chi connectivity index (χ2v) is 9.45. The minimum Gasteiger partial charge on any atom is -0.356 e. The molecule has 4 rings (SSSR count). The maximum atomic E-state index is 13.7. The molecule has 36 heavy (non-hydrogen) atoms. The molecule has 1 aliphatic heterocycles. The molecule has 0 spiro atoms. The van der Waals surface area contributed by atoms with E-state index in [0.29, 0.717) is 54.7 Å². The van der Waals surface area contributed by atoms with Crippen molar-refractivity contribution >= 4 is 28.8 Å². The van der Waals surface area contributed by atoms with Crippen molar-refractivity contribution in [2.24, 2.45) is 0 Å². The first kappa shape index (κ1) is 25.5. The summed E-state index contributed by atoms with van der Waals surface area (Å²) in [5, 5.41) is 3.38. The average molecular weight is 494 g/mol. The molecule has 11 nitrogen and oxygen atoms in total. The van der Waals surface area contributed by atoms with Crippen LogP contribution in [0.4, 0.5) is 5.82 Å². The Balaban J connectivity index is 1.64. The fourth-order valence-electron chi connectivity index (χ4n) is 5.13. The minimum atomic E-state index is -0.464. The molecular weight excluding hydrogens is 458 g/mol. The van der Waals surface area contributed by atoms with Gasteiger partial charge in [0.1, 0.15) is 24.0 Å². The first-order chi connectivity index (χ1) is 17.2. The van der Waals surface area contributed by atoms with Crippen molar-refractivity contribution < 1.29 is 9.59 Å². The Bertz CT molecular complexity index is 1230. The van der Waals surface area contributed by atoms with E-state index in [0.717, 1.165) is 12.0 Å². The van der Waals surface area contributed by atoms with E-state index in [4.69, 9.17) is 4.98 Å². The van der Waals surface area contributed by atoms with E-state index in [9.17, 15) is 9.59 Å². The van der Waals surface area contributed by atoms with Crippen LogP contribution in [0.5, 0.6) is 0 Å². The maximum Gasteiger partial charge on any atom is 0.245 e. The highest BCUT2D eigenvalue weighted by atomic mass is 16.2. The number of hydrogen-bond donors (Lipinski definition) is 1. The predicted octanol–water partition coefficient (Wildman–Crippen LogP) is 2.66. The zero-order valence-electron chi connectivity index (χ0n) is 21.9. The molecule has 1 fully saturated rings. The van der Waals surface area contributed by atoms with E-state index in [2.05, 4.69) is 32.2 Å². The number of imidazole rings is 1. The summed E-state index contributed by atoms with van der Waals surface area (Å²) in [4.78, 5) is 51.8. The van der Waals surface area contributed by atoms with Crippen LogP contribution in [0.3, 0.4) is 0 Å². The van der Waals surface area contributed by atoms with Gasteiger partial charge in [-0.25, -0.2) is 24.9 Å². The molecule has 1 N–H and O–H groups in total. The van der Waals surface area contributed by atoms with Gasteiger partial charge in [-0.3, -0.25) is 9.59 Å². The number of aryl methyl sites for hydroxylation is 2. The fourth-order valence-corrected chi connectivity index (χ4v) is 5.13. The van der Waals surface area contributed by atoms with Crippen LogP contribution in [0.25, 0.3) is 22.6 Å². The maximum absolute atomic E-state index is 13.7. The van der Waals surface area contributed by atoms with Gasteiger partial charge in [-0.1, -0.05) is 13.3 Å².